The van der Waals surface area contributed by atoms with Crippen molar-refractivity contribution in [2.75, 3.05) is 0 Å². The third-order valence-electron chi connectivity index (χ3n) is 1.50. The number of unbranched alkanes of at least 4 members (excludes halogenated alkanes) is 1. The van der Waals surface area contributed by atoms with E-state index in [1.54, 1.807) is 0 Å². The zero-order chi connectivity index (χ0) is 7.28. The third-order valence-corrected chi connectivity index (χ3v) is 1.50. The van der Waals surface area contributed by atoms with E-state index in [0.29, 0.717) is 0 Å². The van der Waals surface area contributed by atoms with Gasteiger partial charge < -0.3 is 5.73 Å². The highest BCUT2D eigenvalue weighted by atomic mass is 14.6. The van der Waals surface area contributed by atoms with Crippen molar-refractivity contribution in [2.24, 2.45) is 5.73 Å². The fraction of sp³-hybridized carbons (Fsp3) is 0.750. The molecule has 0 rings (SSSR count). The molecule has 1 nitrogen and oxygen atoms in total. The topological polar surface area (TPSA) is 26.0 Å². The summed E-state index contributed by atoms with van der Waals surface area (Å²) in [4.78, 5) is 0. The lowest BCUT2D eigenvalue weighted by Gasteiger charge is -2.08. The van der Waals surface area contributed by atoms with E-state index in [-0.39, 0.29) is 6.04 Å². The summed E-state index contributed by atoms with van der Waals surface area (Å²) >= 11 is 0. The van der Waals surface area contributed by atoms with Crippen molar-refractivity contribution in [1.29, 1.82) is 0 Å². The van der Waals surface area contributed by atoms with Crippen molar-refractivity contribution < 1.29 is 0 Å². The summed E-state index contributed by atoms with van der Waals surface area (Å²) in [5.74, 6) is 0. The molecule has 0 amide bonds. The molecule has 0 unspecified atom stereocenters. The Bertz CT molecular complexity index is 86.6. The Morgan fingerprint density at radius 3 is 2.56 bits per heavy atom. The van der Waals surface area contributed by atoms with E-state index in [0.717, 1.165) is 12.0 Å². The predicted molar refractivity (Wildman–Crippen MR) is 42.3 cm³/mol. The largest absolute Gasteiger partial charge is 0.324 e. The highest BCUT2D eigenvalue weighted by molar-refractivity contribution is 4.99. The van der Waals surface area contributed by atoms with Crippen LogP contribution in [0.5, 0.6) is 0 Å². The molecule has 0 aromatic heterocycles. The van der Waals surface area contributed by atoms with Crippen LogP contribution in [0.1, 0.15) is 33.1 Å². The average molecular weight is 127 g/mol. The van der Waals surface area contributed by atoms with E-state index in [1.165, 1.54) is 12.8 Å². The number of rotatable bonds is 4. The molecule has 0 spiro atoms. The molecule has 0 aliphatic heterocycles. The van der Waals surface area contributed by atoms with Gasteiger partial charge in [-0.15, -0.1) is 0 Å². The van der Waals surface area contributed by atoms with Crippen LogP contribution in [0.2, 0.25) is 0 Å². The van der Waals surface area contributed by atoms with Gasteiger partial charge in [-0.05, 0) is 13.3 Å². The Morgan fingerprint density at radius 1 is 1.67 bits per heavy atom. The minimum Gasteiger partial charge on any atom is -0.324 e. The highest BCUT2D eigenvalue weighted by Gasteiger charge is 1.99. The van der Waals surface area contributed by atoms with Crippen molar-refractivity contribution in [3.63, 3.8) is 0 Å². The zero-order valence-corrected chi connectivity index (χ0v) is 6.48. The van der Waals surface area contributed by atoms with Crippen LogP contribution in [0.25, 0.3) is 0 Å². The van der Waals surface area contributed by atoms with Crippen molar-refractivity contribution in [1.82, 2.24) is 0 Å². The van der Waals surface area contributed by atoms with Crippen LogP contribution in [-0.4, -0.2) is 6.04 Å². The Hall–Kier alpha value is -0.300. The highest BCUT2D eigenvalue weighted by Crippen LogP contribution is 2.04. The molecule has 0 radical (unpaired) electrons. The molecule has 54 valence electrons. The summed E-state index contributed by atoms with van der Waals surface area (Å²) in [6, 6.07) is 0.227. The van der Waals surface area contributed by atoms with E-state index in [1.807, 2.05) is 6.92 Å². The van der Waals surface area contributed by atoms with Gasteiger partial charge in [0.2, 0.25) is 0 Å². The monoisotopic (exact) mass is 127 g/mol. The first kappa shape index (κ1) is 8.70. The molecule has 1 atom stereocenters. The summed E-state index contributed by atoms with van der Waals surface area (Å²) in [5.41, 5.74) is 6.80. The molecular weight excluding hydrogens is 110 g/mol. The zero-order valence-electron chi connectivity index (χ0n) is 6.48. The lowest BCUT2D eigenvalue weighted by Crippen LogP contribution is -2.20. The predicted octanol–water partition coefficient (Wildman–Crippen LogP) is 2.08. The normalized spacial score (nSPS) is 13.2. The third kappa shape index (κ3) is 4.22. The van der Waals surface area contributed by atoms with Gasteiger partial charge in [0, 0.05) is 6.04 Å². The van der Waals surface area contributed by atoms with Gasteiger partial charge in [-0.25, -0.2) is 0 Å². The number of hydrogen-bond donors (Lipinski definition) is 1. The van der Waals surface area contributed by atoms with Gasteiger partial charge in [0.25, 0.3) is 0 Å². The van der Waals surface area contributed by atoms with Gasteiger partial charge in [-0.3, -0.25) is 0 Å². The summed E-state index contributed by atoms with van der Waals surface area (Å²) in [5, 5.41) is 0. The minimum absolute atomic E-state index is 0.227. The second-order valence-corrected chi connectivity index (χ2v) is 2.60. The summed E-state index contributed by atoms with van der Waals surface area (Å²) < 4.78 is 0. The van der Waals surface area contributed by atoms with E-state index >= 15 is 0 Å². The molecule has 0 saturated heterocycles. The number of nitrogens with two attached hydrogens (primary N) is 1. The van der Waals surface area contributed by atoms with Gasteiger partial charge in [-0.2, -0.15) is 0 Å². The standard InChI is InChI=1S/C8H17N/c1-4-5-6-8(9)7(2)3/h8H,2,4-6,9H2,1,3H3/t8-/m0/s1. The second kappa shape index (κ2) is 4.57. The van der Waals surface area contributed by atoms with Gasteiger partial charge in [0.1, 0.15) is 0 Å². The van der Waals surface area contributed by atoms with Gasteiger partial charge >= 0.3 is 0 Å². The second-order valence-electron chi connectivity index (χ2n) is 2.60. The summed E-state index contributed by atoms with van der Waals surface area (Å²) in [6.45, 7) is 7.94. The van der Waals surface area contributed by atoms with Crippen LogP contribution in [0.4, 0.5) is 0 Å². The molecule has 0 saturated carbocycles. The Labute approximate surface area is 57.9 Å². The molecule has 9 heavy (non-hydrogen) atoms. The molecule has 0 aliphatic rings. The first-order valence-corrected chi connectivity index (χ1v) is 3.59. The van der Waals surface area contributed by atoms with E-state index in [9.17, 15) is 0 Å². The van der Waals surface area contributed by atoms with E-state index in [4.69, 9.17) is 5.73 Å². The molecule has 0 aliphatic carbocycles. The number of hydrogen-bond acceptors (Lipinski definition) is 1. The molecule has 2 N–H and O–H groups in total. The molecule has 0 bridgehead atoms. The van der Waals surface area contributed by atoms with Crippen molar-refractivity contribution in [3.8, 4) is 0 Å². The van der Waals surface area contributed by atoms with E-state index in [2.05, 4.69) is 13.5 Å². The van der Waals surface area contributed by atoms with E-state index < -0.39 is 0 Å². The Morgan fingerprint density at radius 2 is 2.22 bits per heavy atom. The van der Waals surface area contributed by atoms with Crippen molar-refractivity contribution in [2.45, 2.75) is 39.2 Å². The molecule has 1 heteroatoms. The quantitative estimate of drug-likeness (QED) is 0.575. The fourth-order valence-electron chi connectivity index (χ4n) is 0.670. The molecule has 0 fully saturated rings. The lowest BCUT2D eigenvalue weighted by molar-refractivity contribution is 0.634. The van der Waals surface area contributed by atoms with Crippen LogP contribution in [0.15, 0.2) is 12.2 Å². The Kier molecular flexibility index (Phi) is 4.41. The molecule has 0 heterocycles. The Balaban J connectivity index is 3.27. The van der Waals surface area contributed by atoms with Gasteiger partial charge in [0.15, 0.2) is 0 Å². The summed E-state index contributed by atoms with van der Waals surface area (Å²) in [6.07, 6.45) is 3.53. The maximum Gasteiger partial charge on any atom is 0.0248 e. The van der Waals surface area contributed by atoms with Crippen LogP contribution >= 0.6 is 0 Å². The van der Waals surface area contributed by atoms with Crippen molar-refractivity contribution >= 4 is 0 Å². The van der Waals surface area contributed by atoms with Crippen LogP contribution < -0.4 is 5.73 Å². The maximum atomic E-state index is 5.70. The van der Waals surface area contributed by atoms with Crippen molar-refractivity contribution in [3.05, 3.63) is 12.2 Å². The smallest absolute Gasteiger partial charge is 0.0248 e. The van der Waals surface area contributed by atoms with Gasteiger partial charge in [0.05, 0.1) is 0 Å². The SMILES string of the molecule is C=C(C)[C@@H](N)CCCC. The first-order chi connectivity index (χ1) is 4.18. The van der Waals surface area contributed by atoms with Crippen LogP contribution in [0, 0.1) is 0 Å². The minimum atomic E-state index is 0.227. The first-order valence-electron chi connectivity index (χ1n) is 3.59. The molecular formula is C8H17N. The summed E-state index contributed by atoms with van der Waals surface area (Å²) in [7, 11) is 0. The average Bonchev–Trinajstić information content (AvgIpc) is 1.82. The van der Waals surface area contributed by atoms with Gasteiger partial charge in [-0.1, -0.05) is 31.9 Å². The van der Waals surface area contributed by atoms with Crippen LogP contribution in [0.3, 0.4) is 0 Å². The van der Waals surface area contributed by atoms with Crippen LogP contribution in [-0.2, 0) is 0 Å². The lowest BCUT2D eigenvalue weighted by atomic mass is 10.1. The molecule has 0 aromatic carbocycles. The molecule has 0 aromatic rings. The maximum absolute atomic E-state index is 5.70. The fourth-order valence-corrected chi connectivity index (χ4v) is 0.670.